The second-order valence-corrected chi connectivity index (χ2v) is 7.08. The van der Waals surface area contributed by atoms with Crippen molar-refractivity contribution in [2.45, 2.75) is 58.1 Å². The summed E-state index contributed by atoms with van der Waals surface area (Å²) in [5, 5.41) is 6.64. The third-order valence-corrected chi connectivity index (χ3v) is 4.80. The molecular formula is C22H31N5O. The maximum Gasteiger partial charge on any atom is 0.213 e. The molecule has 2 heterocycles. The van der Waals surface area contributed by atoms with Gasteiger partial charge in [0.15, 0.2) is 5.96 Å². The van der Waals surface area contributed by atoms with Crippen molar-refractivity contribution in [3.63, 3.8) is 0 Å². The van der Waals surface area contributed by atoms with E-state index in [1.165, 1.54) is 19.3 Å². The van der Waals surface area contributed by atoms with Crippen LogP contribution in [0.4, 0.5) is 0 Å². The highest BCUT2D eigenvalue weighted by Crippen LogP contribution is 2.22. The summed E-state index contributed by atoms with van der Waals surface area (Å²) < 4.78 is 5.99. The van der Waals surface area contributed by atoms with Crippen molar-refractivity contribution in [2.24, 2.45) is 4.99 Å². The molecule has 0 spiro atoms. The third-order valence-electron chi connectivity index (χ3n) is 4.80. The highest BCUT2D eigenvalue weighted by molar-refractivity contribution is 5.79. The van der Waals surface area contributed by atoms with Gasteiger partial charge in [0.25, 0.3) is 0 Å². The van der Waals surface area contributed by atoms with Crippen molar-refractivity contribution < 1.29 is 4.74 Å². The molecule has 6 nitrogen and oxygen atoms in total. The third kappa shape index (κ3) is 6.83. The Labute approximate surface area is 167 Å². The molecule has 0 unspecified atom stereocenters. The summed E-state index contributed by atoms with van der Waals surface area (Å²) in [5.74, 6) is 1.53. The zero-order valence-corrected chi connectivity index (χ0v) is 16.7. The lowest BCUT2D eigenvalue weighted by atomic mass is 9.98. The first-order valence-electron chi connectivity index (χ1n) is 10.4. The fourth-order valence-corrected chi connectivity index (χ4v) is 3.29. The van der Waals surface area contributed by atoms with Crippen LogP contribution >= 0.6 is 0 Å². The molecule has 2 N–H and O–H groups in total. The number of ether oxygens (including phenoxy) is 1. The Morgan fingerprint density at radius 3 is 2.71 bits per heavy atom. The van der Waals surface area contributed by atoms with E-state index in [1.807, 2.05) is 42.7 Å². The maximum absolute atomic E-state index is 5.99. The highest BCUT2D eigenvalue weighted by Gasteiger charge is 2.15. The largest absolute Gasteiger partial charge is 0.474 e. The first-order chi connectivity index (χ1) is 13.8. The van der Waals surface area contributed by atoms with Gasteiger partial charge < -0.3 is 15.4 Å². The van der Waals surface area contributed by atoms with Gasteiger partial charge in [-0.05, 0) is 50.3 Å². The van der Waals surface area contributed by atoms with Crippen LogP contribution in [0.5, 0.6) is 5.88 Å². The number of nitrogens with zero attached hydrogens (tertiary/aromatic N) is 3. The molecule has 0 saturated heterocycles. The number of guanidine groups is 1. The van der Waals surface area contributed by atoms with E-state index in [2.05, 4.69) is 32.5 Å². The number of pyridine rings is 2. The minimum absolute atomic E-state index is 0.328. The van der Waals surface area contributed by atoms with Crippen molar-refractivity contribution in [3.8, 4) is 5.88 Å². The summed E-state index contributed by atoms with van der Waals surface area (Å²) in [7, 11) is 0. The van der Waals surface area contributed by atoms with E-state index in [0.29, 0.717) is 12.6 Å². The van der Waals surface area contributed by atoms with Gasteiger partial charge >= 0.3 is 0 Å². The molecule has 1 saturated carbocycles. The number of rotatable bonds is 8. The molecule has 0 amide bonds. The predicted molar refractivity (Wildman–Crippen MR) is 112 cm³/mol. The molecule has 2 aromatic heterocycles. The van der Waals surface area contributed by atoms with E-state index in [-0.39, 0.29) is 0 Å². The summed E-state index contributed by atoms with van der Waals surface area (Å²) in [6.07, 6.45) is 11.0. The zero-order chi connectivity index (χ0) is 19.4. The van der Waals surface area contributed by atoms with Crippen LogP contribution in [0.1, 0.15) is 50.3 Å². The normalized spacial score (nSPS) is 15.2. The molecule has 2 aromatic rings. The van der Waals surface area contributed by atoms with Crippen molar-refractivity contribution in [1.82, 2.24) is 20.6 Å². The molecule has 28 heavy (non-hydrogen) atoms. The van der Waals surface area contributed by atoms with Gasteiger partial charge in [0.1, 0.15) is 6.10 Å². The van der Waals surface area contributed by atoms with Gasteiger partial charge in [-0.1, -0.05) is 18.6 Å². The summed E-state index contributed by atoms with van der Waals surface area (Å²) >= 11 is 0. The standard InChI is InChI=1S/C22H31N5O/c1-2-23-22(25-15-13-19-8-6-7-14-24-19)27-17-18-11-12-21(26-16-18)28-20-9-4-3-5-10-20/h6-8,11-12,14,16,20H,2-5,9-10,13,15,17H2,1H3,(H2,23,25,27). The van der Waals surface area contributed by atoms with Crippen LogP contribution in [0.25, 0.3) is 0 Å². The lowest BCUT2D eigenvalue weighted by Gasteiger charge is -2.22. The zero-order valence-electron chi connectivity index (χ0n) is 16.7. The quantitative estimate of drug-likeness (QED) is 0.541. The number of aromatic nitrogens is 2. The monoisotopic (exact) mass is 381 g/mol. The smallest absolute Gasteiger partial charge is 0.213 e. The first kappa shape index (κ1) is 20.1. The number of aliphatic imine (C=N–C) groups is 1. The Hall–Kier alpha value is -2.63. The summed E-state index contributed by atoms with van der Waals surface area (Å²) in [6, 6.07) is 9.99. The predicted octanol–water partition coefficient (Wildman–Crippen LogP) is 3.49. The maximum atomic E-state index is 5.99. The van der Waals surface area contributed by atoms with Gasteiger partial charge in [0.05, 0.1) is 6.54 Å². The van der Waals surface area contributed by atoms with Crippen molar-refractivity contribution in [3.05, 3.63) is 54.0 Å². The Kier molecular flexibility index (Phi) is 8.09. The molecule has 150 valence electrons. The molecule has 0 radical (unpaired) electrons. The molecule has 6 heteroatoms. The molecule has 0 bridgehead atoms. The van der Waals surface area contributed by atoms with Crippen LogP contribution in [0.3, 0.4) is 0 Å². The molecule has 1 aliphatic rings. The van der Waals surface area contributed by atoms with Gasteiger partial charge in [-0.2, -0.15) is 0 Å². The average molecular weight is 382 g/mol. The molecule has 0 aliphatic heterocycles. The van der Waals surface area contributed by atoms with Crippen LogP contribution < -0.4 is 15.4 Å². The molecular weight excluding hydrogens is 350 g/mol. The van der Waals surface area contributed by atoms with Gasteiger partial charge in [0.2, 0.25) is 5.88 Å². The van der Waals surface area contributed by atoms with Crippen molar-refractivity contribution in [2.75, 3.05) is 13.1 Å². The summed E-state index contributed by atoms with van der Waals surface area (Å²) in [5.41, 5.74) is 2.14. The lowest BCUT2D eigenvalue weighted by Crippen LogP contribution is -2.38. The summed E-state index contributed by atoms with van der Waals surface area (Å²) in [4.78, 5) is 13.5. The van der Waals surface area contributed by atoms with E-state index >= 15 is 0 Å². The lowest BCUT2D eigenvalue weighted by molar-refractivity contribution is 0.148. The van der Waals surface area contributed by atoms with Crippen LogP contribution in [0, 0.1) is 0 Å². The molecule has 1 fully saturated rings. The molecule has 1 aliphatic carbocycles. The first-order valence-corrected chi connectivity index (χ1v) is 10.4. The number of hydrogen-bond acceptors (Lipinski definition) is 4. The SMILES string of the molecule is CCNC(=NCc1ccc(OC2CCCCC2)nc1)NCCc1ccccn1. The van der Waals surface area contributed by atoms with E-state index in [1.54, 1.807) is 0 Å². The van der Waals surface area contributed by atoms with Gasteiger partial charge in [0, 0.05) is 43.7 Å². The van der Waals surface area contributed by atoms with Gasteiger partial charge in [-0.3, -0.25) is 4.98 Å². The van der Waals surface area contributed by atoms with E-state index in [9.17, 15) is 0 Å². The summed E-state index contributed by atoms with van der Waals surface area (Å²) in [6.45, 7) is 4.25. The number of nitrogens with one attached hydrogen (secondary N) is 2. The topological polar surface area (TPSA) is 71.4 Å². The van der Waals surface area contributed by atoms with Crippen LogP contribution in [0.15, 0.2) is 47.7 Å². The van der Waals surface area contributed by atoms with Gasteiger partial charge in [-0.25, -0.2) is 9.98 Å². The minimum Gasteiger partial charge on any atom is -0.474 e. The van der Waals surface area contributed by atoms with E-state index < -0.39 is 0 Å². The fraction of sp³-hybridized carbons (Fsp3) is 0.500. The van der Waals surface area contributed by atoms with Crippen LogP contribution in [0.2, 0.25) is 0 Å². The van der Waals surface area contributed by atoms with E-state index in [0.717, 1.165) is 55.4 Å². The molecule has 0 atom stereocenters. The molecule has 0 aromatic carbocycles. The molecule has 3 rings (SSSR count). The second kappa shape index (κ2) is 11.3. The second-order valence-electron chi connectivity index (χ2n) is 7.08. The van der Waals surface area contributed by atoms with Gasteiger partial charge in [-0.15, -0.1) is 0 Å². The fourth-order valence-electron chi connectivity index (χ4n) is 3.29. The minimum atomic E-state index is 0.328. The van der Waals surface area contributed by atoms with E-state index in [4.69, 9.17) is 4.74 Å². The Morgan fingerprint density at radius 2 is 2.00 bits per heavy atom. The van der Waals surface area contributed by atoms with Crippen molar-refractivity contribution >= 4 is 5.96 Å². The van der Waals surface area contributed by atoms with Crippen LogP contribution in [-0.4, -0.2) is 35.1 Å². The Bertz CT molecular complexity index is 711. The Morgan fingerprint density at radius 1 is 1.11 bits per heavy atom. The highest BCUT2D eigenvalue weighted by atomic mass is 16.5. The Balaban J connectivity index is 1.47. The average Bonchev–Trinajstić information content (AvgIpc) is 2.74. The van der Waals surface area contributed by atoms with Crippen molar-refractivity contribution in [1.29, 1.82) is 0 Å². The number of hydrogen-bond donors (Lipinski definition) is 2. The van der Waals surface area contributed by atoms with Crippen LogP contribution in [-0.2, 0) is 13.0 Å².